The number of hydrogen-bond acceptors (Lipinski definition) is 0. The molecule has 0 nitrogen and oxygen atoms in total. The third kappa shape index (κ3) is 2.34. The van der Waals surface area contributed by atoms with Crippen LogP contribution in [0.2, 0.25) is 0 Å². The summed E-state index contributed by atoms with van der Waals surface area (Å²) in [5, 5.41) is 0. The maximum absolute atomic E-state index is 2.30. The van der Waals surface area contributed by atoms with E-state index in [1.807, 2.05) is 0 Å². The second-order valence-electron chi connectivity index (χ2n) is 2.58. The van der Waals surface area contributed by atoms with Gasteiger partial charge in [-0.15, -0.1) is 0 Å². The average Bonchev–Trinajstić information content (AvgIpc) is 1.84. The number of hydrogen-bond donors (Lipinski definition) is 0. The summed E-state index contributed by atoms with van der Waals surface area (Å²) in [6.07, 6.45) is 3.57. The molecule has 0 spiro atoms. The minimum atomic E-state index is 0.792. The minimum Gasteiger partial charge on any atom is -0.328 e. The Morgan fingerprint density at radius 1 is 1.38 bits per heavy atom. The Morgan fingerprint density at radius 2 is 1.88 bits per heavy atom. The Bertz CT molecular complexity index is 40.0. The fraction of sp³-hybridized carbons (Fsp3) is 0.875. The predicted octanol–water partition coefficient (Wildman–Crippen LogP) is 2.89. The Morgan fingerprint density at radius 3 is 2.00 bits per heavy atom. The van der Waals surface area contributed by atoms with Gasteiger partial charge in [0.15, 0.2) is 0 Å². The van der Waals surface area contributed by atoms with E-state index in [0.717, 1.165) is 11.8 Å². The second-order valence-corrected chi connectivity index (χ2v) is 2.58. The molecule has 0 saturated heterocycles. The van der Waals surface area contributed by atoms with Crippen LogP contribution in [-0.4, -0.2) is 0 Å². The molecule has 0 aliphatic heterocycles. The largest absolute Gasteiger partial charge is 0.328 e. The Balaban J connectivity index is 3.29. The van der Waals surface area contributed by atoms with Crippen LogP contribution in [0.25, 0.3) is 0 Å². The molecule has 0 aromatic carbocycles. The van der Waals surface area contributed by atoms with Crippen LogP contribution in [0.4, 0.5) is 0 Å². The van der Waals surface area contributed by atoms with E-state index in [4.69, 9.17) is 0 Å². The van der Waals surface area contributed by atoms with E-state index in [1.165, 1.54) is 6.42 Å². The highest BCUT2D eigenvalue weighted by molar-refractivity contribution is 4.70. The van der Waals surface area contributed by atoms with Gasteiger partial charge in [-0.05, 0) is 0 Å². The molecule has 0 bridgehead atoms. The van der Waals surface area contributed by atoms with Gasteiger partial charge in [-0.1, -0.05) is 33.1 Å². The molecule has 0 aromatic rings. The highest BCUT2D eigenvalue weighted by Gasteiger charge is 1.98. The molecule has 8 heavy (non-hydrogen) atoms. The van der Waals surface area contributed by atoms with Gasteiger partial charge < -0.3 is 6.42 Å². The van der Waals surface area contributed by atoms with Crippen molar-refractivity contribution < 1.29 is 0 Å². The lowest BCUT2D eigenvalue weighted by Crippen LogP contribution is -2.04. The molecule has 0 heterocycles. The summed E-state index contributed by atoms with van der Waals surface area (Å²) in [5.74, 6) is 1.65. The van der Waals surface area contributed by atoms with Crippen LogP contribution in [0.15, 0.2) is 0 Å². The van der Waals surface area contributed by atoms with Gasteiger partial charge in [-0.25, -0.2) is 0 Å². The number of rotatable bonds is 3. The molecular formula is C8H17-. The molecule has 0 heteroatoms. The molecule has 0 rings (SSSR count). The summed E-state index contributed by atoms with van der Waals surface area (Å²) in [7, 11) is 0. The zero-order valence-corrected chi connectivity index (χ0v) is 6.44. The molecule has 0 aliphatic carbocycles. The quantitative estimate of drug-likeness (QED) is 0.494. The molecule has 0 aromatic heterocycles. The lowest BCUT2D eigenvalue weighted by molar-refractivity contribution is 0.423. The molecular weight excluding hydrogens is 96.1 g/mol. The first-order valence-corrected chi connectivity index (χ1v) is 3.51. The third-order valence-corrected chi connectivity index (χ3v) is 2.07. The minimum absolute atomic E-state index is 0.792. The first-order valence-electron chi connectivity index (χ1n) is 3.51. The van der Waals surface area contributed by atoms with E-state index in [9.17, 15) is 0 Å². The summed E-state index contributed by atoms with van der Waals surface area (Å²) >= 11 is 0. The maximum atomic E-state index is 2.30. The second kappa shape index (κ2) is 3.94. The Kier molecular flexibility index (Phi) is 3.94. The first kappa shape index (κ1) is 8.00. The molecule has 2 atom stereocenters. The third-order valence-electron chi connectivity index (χ3n) is 2.07. The zero-order chi connectivity index (χ0) is 6.57. The SMILES string of the molecule is C[CH-]C(C)C(C)CC. The Hall–Kier alpha value is 0. The highest BCUT2D eigenvalue weighted by Crippen LogP contribution is 2.15. The Labute approximate surface area is 53.3 Å². The summed E-state index contributed by atoms with van der Waals surface area (Å²) < 4.78 is 0. The van der Waals surface area contributed by atoms with Gasteiger partial charge in [0.25, 0.3) is 0 Å². The van der Waals surface area contributed by atoms with E-state index in [-0.39, 0.29) is 0 Å². The van der Waals surface area contributed by atoms with Crippen LogP contribution < -0.4 is 0 Å². The summed E-state index contributed by atoms with van der Waals surface area (Å²) in [6, 6.07) is 0. The van der Waals surface area contributed by atoms with Crippen molar-refractivity contribution in [3.63, 3.8) is 0 Å². The summed E-state index contributed by atoms with van der Waals surface area (Å²) in [5.41, 5.74) is 0. The van der Waals surface area contributed by atoms with Crippen LogP contribution in [0, 0.1) is 18.3 Å². The summed E-state index contributed by atoms with van der Waals surface area (Å²) in [6.45, 7) is 8.94. The van der Waals surface area contributed by atoms with Gasteiger partial charge in [0.1, 0.15) is 0 Å². The lowest BCUT2D eigenvalue weighted by Gasteiger charge is -2.23. The molecule has 0 N–H and O–H groups in total. The fourth-order valence-electron chi connectivity index (χ4n) is 0.700. The normalized spacial score (nSPS) is 18.0. The van der Waals surface area contributed by atoms with Gasteiger partial charge >= 0.3 is 0 Å². The summed E-state index contributed by atoms with van der Waals surface area (Å²) in [4.78, 5) is 0. The average molecular weight is 113 g/mol. The van der Waals surface area contributed by atoms with Crippen LogP contribution in [0.1, 0.15) is 34.1 Å². The van der Waals surface area contributed by atoms with Crippen LogP contribution in [-0.2, 0) is 0 Å². The van der Waals surface area contributed by atoms with Crippen molar-refractivity contribution in [2.24, 2.45) is 11.8 Å². The standard InChI is InChI=1S/C8H17/c1-5-7(3)8(4)6-2/h5,7-8H,6H2,1-4H3/q-1. The monoisotopic (exact) mass is 113 g/mol. The van der Waals surface area contributed by atoms with E-state index in [1.54, 1.807) is 0 Å². The molecule has 0 fully saturated rings. The maximum Gasteiger partial charge on any atom is -0.0558 e. The van der Waals surface area contributed by atoms with E-state index in [0.29, 0.717) is 0 Å². The molecule has 50 valence electrons. The van der Waals surface area contributed by atoms with Gasteiger partial charge in [0.2, 0.25) is 0 Å². The lowest BCUT2D eigenvalue weighted by atomic mass is 9.92. The van der Waals surface area contributed by atoms with Gasteiger partial charge in [0, 0.05) is 0 Å². The van der Waals surface area contributed by atoms with Crippen LogP contribution in [0.5, 0.6) is 0 Å². The zero-order valence-electron chi connectivity index (χ0n) is 6.44. The molecule has 0 aliphatic rings. The fourth-order valence-corrected chi connectivity index (χ4v) is 0.700. The molecule has 0 amide bonds. The van der Waals surface area contributed by atoms with E-state index in [2.05, 4.69) is 34.1 Å². The van der Waals surface area contributed by atoms with Gasteiger partial charge in [0.05, 0.1) is 0 Å². The van der Waals surface area contributed by atoms with Gasteiger partial charge in [-0.2, -0.15) is 12.8 Å². The van der Waals surface area contributed by atoms with Crippen molar-refractivity contribution >= 4 is 0 Å². The van der Waals surface area contributed by atoms with Crippen molar-refractivity contribution in [3.8, 4) is 0 Å². The molecule has 0 saturated carbocycles. The van der Waals surface area contributed by atoms with E-state index >= 15 is 0 Å². The van der Waals surface area contributed by atoms with Crippen molar-refractivity contribution in [1.29, 1.82) is 0 Å². The van der Waals surface area contributed by atoms with Crippen LogP contribution >= 0.6 is 0 Å². The smallest absolute Gasteiger partial charge is 0.0558 e. The van der Waals surface area contributed by atoms with Gasteiger partial charge in [-0.3, -0.25) is 0 Å². The predicted molar refractivity (Wildman–Crippen MR) is 38.6 cm³/mol. The van der Waals surface area contributed by atoms with E-state index < -0.39 is 0 Å². The molecule has 0 radical (unpaired) electrons. The topological polar surface area (TPSA) is 0 Å². The first-order chi connectivity index (χ1) is 3.72. The van der Waals surface area contributed by atoms with Crippen molar-refractivity contribution in [1.82, 2.24) is 0 Å². The van der Waals surface area contributed by atoms with Crippen LogP contribution in [0.3, 0.4) is 0 Å². The molecule has 2 unspecified atom stereocenters. The highest BCUT2D eigenvalue weighted by atomic mass is 14.1. The van der Waals surface area contributed by atoms with Crippen molar-refractivity contribution in [2.75, 3.05) is 0 Å². The van der Waals surface area contributed by atoms with Crippen molar-refractivity contribution in [3.05, 3.63) is 6.42 Å². The van der Waals surface area contributed by atoms with Crippen molar-refractivity contribution in [2.45, 2.75) is 34.1 Å².